The standard InChI is InChI=1S/C14H22N2O2S/c1-14(2,3)18-13(17)16-12-8-19-9-15-11-7-5-4-6-10(11)12/h4-5,9-12H,6-8H2,1-3H3,(H,16,17)/t10-,11-,12?/m0/s1. The van der Waals surface area contributed by atoms with E-state index in [0.29, 0.717) is 12.0 Å². The maximum atomic E-state index is 11.9. The highest BCUT2D eigenvalue weighted by atomic mass is 32.2. The fraction of sp³-hybridized carbons (Fsp3) is 0.714. The number of fused-ring (bicyclic) bond motifs is 1. The van der Waals surface area contributed by atoms with E-state index in [1.54, 1.807) is 11.8 Å². The molecule has 0 saturated heterocycles. The van der Waals surface area contributed by atoms with Gasteiger partial charge in [0.15, 0.2) is 0 Å². The third kappa shape index (κ3) is 4.27. The van der Waals surface area contributed by atoms with Crippen LogP contribution in [-0.2, 0) is 4.74 Å². The summed E-state index contributed by atoms with van der Waals surface area (Å²) in [5, 5.41) is 3.02. The van der Waals surface area contributed by atoms with Gasteiger partial charge in [0.25, 0.3) is 0 Å². The van der Waals surface area contributed by atoms with E-state index < -0.39 is 5.60 Å². The van der Waals surface area contributed by atoms with Crippen molar-refractivity contribution in [1.82, 2.24) is 5.32 Å². The third-order valence-corrected chi connectivity index (χ3v) is 4.09. The smallest absolute Gasteiger partial charge is 0.407 e. The minimum atomic E-state index is -0.454. The number of ether oxygens (including phenoxy) is 1. The maximum Gasteiger partial charge on any atom is 0.407 e. The number of hydrogen-bond donors (Lipinski definition) is 1. The summed E-state index contributed by atoms with van der Waals surface area (Å²) < 4.78 is 5.34. The summed E-state index contributed by atoms with van der Waals surface area (Å²) in [6.45, 7) is 5.64. The predicted octanol–water partition coefficient (Wildman–Crippen LogP) is 2.99. The lowest BCUT2D eigenvalue weighted by atomic mass is 9.84. The van der Waals surface area contributed by atoms with Crippen LogP contribution in [0.3, 0.4) is 0 Å². The van der Waals surface area contributed by atoms with Crippen molar-refractivity contribution in [3.05, 3.63) is 12.2 Å². The van der Waals surface area contributed by atoms with E-state index in [1.165, 1.54) is 0 Å². The summed E-state index contributed by atoms with van der Waals surface area (Å²) in [7, 11) is 0. The van der Waals surface area contributed by atoms with Crippen molar-refractivity contribution in [1.29, 1.82) is 0 Å². The average Bonchev–Trinajstić information content (AvgIpc) is 2.50. The molecule has 4 nitrogen and oxygen atoms in total. The molecule has 1 aliphatic heterocycles. The van der Waals surface area contributed by atoms with Gasteiger partial charge in [0.1, 0.15) is 5.60 Å². The van der Waals surface area contributed by atoms with Crippen LogP contribution < -0.4 is 5.32 Å². The molecule has 2 aliphatic rings. The second kappa shape index (κ2) is 5.99. The van der Waals surface area contributed by atoms with Crippen LogP contribution in [0.5, 0.6) is 0 Å². The number of thioether (sulfide) groups is 1. The first-order valence-electron chi connectivity index (χ1n) is 6.73. The summed E-state index contributed by atoms with van der Waals surface area (Å²) in [5.41, 5.74) is 1.47. The zero-order chi connectivity index (χ0) is 13.9. The van der Waals surface area contributed by atoms with Gasteiger partial charge in [-0.1, -0.05) is 12.2 Å². The molecule has 5 heteroatoms. The third-order valence-electron chi connectivity index (χ3n) is 3.27. The molecule has 19 heavy (non-hydrogen) atoms. The number of allylic oxidation sites excluding steroid dienone is 1. The summed E-state index contributed by atoms with van der Waals surface area (Å²) >= 11 is 1.66. The predicted molar refractivity (Wildman–Crippen MR) is 79.8 cm³/mol. The highest BCUT2D eigenvalue weighted by Crippen LogP contribution is 2.29. The van der Waals surface area contributed by atoms with E-state index in [2.05, 4.69) is 22.5 Å². The highest BCUT2D eigenvalue weighted by molar-refractivity contribution is 8.12. The van der Waals surface area contributed by atoms with E-state index in [1.807, 2.05) is 26.3 Å². The van der Waals surface area contributed by atoms with Crippen molar-refractivity contribution >= 4 is 23.4 Å². The number of amides is 1. The van der Waals surface area contributed by atoms with Crippen LogP contribution >= 0.6 is 11.8 Å². The number of carbonyl (C=O) groups is 1. The van der Waals surface area contributed by atoms with Crippen molar-refractivity contribution in [2.75, 3.05) is 5.75 Å². The topological polar surface area (TPSA) is 50.7 Å². The number of nitrogens with one attached hydrogen (secondary N) is 1. The van der Waals surface area contributed by atoms with Gasteiger partial charge in [-0.25, -0.2) is 4.79 Å². The second-order valence-electron chi connectivity index (χ2n) is 6.01. The molecule has 0 aromatic carbocycles. The van der Waals surface area contributed by atoms with Crippen molar-refractivity contribution in [3.63, 3.8) is 0 Å². The Morgan fingerprint density at radius 3 is 2.84 bits per heavy atom. The Morgan fingerprint density at radius 1 is 1.37 bits per heavy atom. The van der Waals surface area contributed by atoms with Gasteiger partial charge in [-0.15, -0.1) is 11.8 Å². The van der Waals surface area contributed by atoms with E-state index in [4.69, 9.17) is 4.74 Å². The van der Waals surface area contributed by atoms with Crippen molar-refractivity contribution in [2.24, 2.45) is 10.9 Å². The molecule has 0 saturated carbocycles. The van der Waals surface area contributed by atoms with Crippen LogP contribution in [0.15, 0.2) is 17.1 Å². The molecule has 1 unspecified atom stereocenters. The minimum absolute atomic E-state index is 0.122. The summed E-state index contributed by atoms with van der Waals surface area (Å²) in [4.78, 5) is 16.5. The lowest BCUT2D eigenvalue weighted by Crippen LogP contribution is -2.47. The first kappa shape index (κ1) is 14.4. The zero-order valence-corrected chi connectivity index (χ0v) is 12.6. The molecule has 3 atom stereocenters. The molecule has 1 heterocycles. The van der Waals surface area contributed by atoms with Crippen molar-refractivity contribution < 1.29 is 9.53 Å². The number of nitrogens with zero attached hydrogens (tertiary/aromatic N) is 1. The minimum Gasteiger partial charge on any atom is -0.444 e. The number of alkyl carbamates (subject to hydrolysis) is 1. The Morgan fingerprint density at radius 2 is 2.11 bits per heavy atom. The van der Waals surface area contributed by atoms with E-state index in [9.17, 15) is 4.79 Å². The number of carbonyl (C=O) groups excluding carboxylic acids is 1. The second-order valence-corrected chi connectivity index (χ2v) is 6.89. The number of hydrogen-bond acceptors (Lipinski definition) is 4. The molecule has 0 spiro atoms. The molecule has 0 bridgehead atoms. The van der Waals surface area contributed by atoms with E-state index in [-0.39, 0.29) is 12.1 Å². The normalized spacial score (nSPS) is 30.4. The maximum absolute atomic E-state index is 11.9. The molecule has 2 rings (SSSR count). The molecule has 1 N–H and O–H groups in total. The van der Waals surface area contributed by atoms with Gasteiger partial charge in [-0.05, 0) is 33.6 Å². The van der Waals surface area contributed by atoms with Gasteiger partial charge in [0.05, 0.1) is 11.6 Å². The quantitative estimate of drug-likeness (QED) is 0.752. The number of rotatable bonds is 1. The summed E-state index contributed by atoms with van der Waals surface area (Å²) in [5.74, 6) is 1.24. The summed E-state index contributed by atoms with van der Waals surface area (Å²) in [6.07, 6.45) is 5.99. The first-order valence-corrected chi connectivity index (χ1v) is 7.78. The van der Waals surface area contributed by atoms with Crippen LogP contribution in [0.1, 0.15) is 33.6 Å². The fourth-order valence-corrected chi connectivity index (χ4v) is 3.29. The molecule has 0 aromatic heterocycles. The van der Waals surface area contributed by atoms with Crippen LogP contribution in [-0.4, -0.2) is 35.1 Å². The largest absolute Gasteiger partial charge is 0.444 e. The molecule has 1 aliphatic carbocycles. The highest BCUT2D eigenvalue weighted by Gasteiger charge is 2.33. The molecule has 106 valence electrons. The Balaban J connectivity index is 1.98. The Hall–Kier alpha value is -0.970. The molecule has 0 fully saturated rings. The van der Waals surface area contributed by atoms with Gasteiger partial charge < -0.3 is 10.1 Å². The van der Waals surface area contributed by atoms with Gasteiger partial charge >= 0.3 is 6.09 Å². The molecule has 0 aromatic rings. The van der Waals surface area contributed by atoms with Gasteiger partial charge in [0, 0.05) is 17.7 Å². The van der Waals surface area contributed by atoms with Crippen LogP contribution in [0.4, 0.5) is 4.79 Å². The monoisotopic (exact) mass is 282 g/mol. The van der Waals surface area contributed by atoms with E-state index >= 15 is 0 Å². The van der Waals surface area contributed by atoms with Gasteiger partial charge in [-0.2, -0.15) is 0 Å². The Kier molecular flexibility index (Phi) is 4.55. The molecular formula is C14H22N2O2S. The molecule has 1 amide bonds. The van der Waals surface area contributed by atoms with Gasteiger partial charge in [-0.3, -0.25) is 4.99 Å². The van der Waals surface area contributed by atoms with Crippen LogP contribution in [0.25, 0.3) is 0 Å². The SMILES string of the molecule is CC(C)(C)OC(=O)NC1CSC=N[C@H]2CC=CC[C@H]12. The van der Waals surface area contributed by atoms with Crippen LogP contribution in [0, 0.1) is 5.92 Å². The van der Waals surface area contributed by atoms with Crippen molar-refractivity contribution in [2.45, 2.75) is 51.3 Å². The zero-order valence-electron chi connectivity index (χ0n) is 11.8. The van der Waals surface area contributed by atoms with Crippen LogP contribution in [0.2, 0.25) is 0 Å². The molecular weight excluding hydrogens is 260 g/mol. The van der Waals surface area contributed by atoms with E-state index in [0.717, 1.165) is 18.6 Å². The fourth-order valence-electron chi connectivity index (χ4n) is 2.42. The first-order chi connectivity index (χ1) is 8.96. The van der Waals surface area contributed by atoms with Crippen molar-refractivity contribution in [3.8, 4) is 0 Å². The Labute approximate surface area is 119 Å². The Bertz CT molecular complexity index is 387. The molecule has 0 radical (unpaired) electrons. The lowest BCUT2D eigenvalue weighted by molar-refractivity contribution is 0.0489. The van der Waals surface area contributed by atoms with Gasteiger partial charge in [0.2, 0.25) is 0 Å². The lowest BCUT2D eigenvalue weighted by Gasteiger charge is -2.32. The number of aliphatic imine (C=N–C) groups is 1. The summed E-state index contributed by atoms with van der Waals surface area (Å²) in [6, 6.07) is 0.414. The average molecular weight is 282 g/mol.